The lowest BCUT2D eigenvalue weighted by Gasteiger charge is -2.10. The van der Waals surface area contributed by atoms with Crippen molar-refractivity contribution in [3.05, 3.63) is 87.7 Å². The van der Waals surface area contributed by atoms with Crippen LogP contribution in [-0.4, -0.2) is 16.0 Å². The van der Waals surface area contributed by atoms with Crippen LogP contribution in [0.15, 0.2) is 77.8 Å². The number of fused-ring (bicyclic) bond motifs is 6. The highest BCUT2D eigenvalue weighted by atomic mass is 32.1. The van der Waals surface area contributed by atoms with E-state index < -0.39 is 0 Å². The quantitative estimate of drug-likeness (QED) is 0.218. The lowest BCUT2D eigenvalue weighted by Crippen LogP contribution is -2.13. The van der Waals surface area contributed by atoms with Crippen LogP contribution < -0.4 is 4.80 Å². The van der Waals surface area contributed by atoms with Crippen LogP contribution in [-0.2, 0) is 0 Å². The van der Waals surface area contributed by atoms with Crippen LogP contribution in [0.4, 0.5) is 5.69 Å². The second kappa shape index (κ2) is 6.83. The number of hydrogen-bond acceptors (Lipinski definition) is 4. The molecule has 0 atom stereocenters. The van der Waals surface area contributed by atoms with E-state index in [1.54, 1.807) is 23.5 Å². The standard InChI is InChI=1S/C23H17N3O2S/c1-2-24-23-25(15-8-7-9-16(14-15)26(27)28)21-19-12-5-3-10-17(19)18-11-4-6-13-20(18)22(21)29-23/h3-14H,2H2,1H3. The van der Waals surface area contributed by atoms with Gasteiger partial charge in [0, 0.05) is 29.4 Å². The molecular weight excluding hydrogens is 382 g/mol. The summed E-state index contributed by atoms with van der Waals surface area (Å²) in [4.78, 5) is 16.6. The fourth-order valence-electron chi connectivity index (χ4n) is 3.87. The van der Waals surface area contributed by atoms with Crippen LogP contribution in [0.3, 0.4) is 0 Å². The van der Waals surface area contributed by atoms with E-state index in [9.17, 15) is 10.1 Å². The largest absolute Gasteiger partial charge is 0.284 e. The third kappa shape index (κ3) is 2.72. The number of benzene rings is 4. The van der Waals surface area contributed by atoms with Crippen molar-refractivity contribution in [3.63, 3.8) is 0 Å². The van der Waals surface area contributed by atoms with E-state index in [0.717, 1.165) is 31.5 Å². The topological polar surface area (TPSA) is 60.4 Å². The highest BCUT2D eigenvalue weighted by Gasteiger charge is 2.17. The molecule has 0 aliphatic carbocycles. The molecular formula is C23H17N3O2S. The van der Waals surface area contributed by atoms with Gasteiger partial charge in [-0.3, -0.25) is 19.7 Å². The first-order valence-electron chi connectivity index (χ1n) is 9.39. The average molecular weight is 399 g/mol. The van der Waals surface area contributed by atoms with E-state index in [2.05, 4.69) is 34.9 Å². The molecule has 0 N–H and O–H groups in total. The molecule has 0 bridgehead atoms. The number of thiazole rings is 1. The second-order valence-electron chi connectivity index (χ2n) is 6.74. The molecule has 29 heavy (non-hydrogen) atoms. The highest BCUT2D eigenvalue weighted by Crippen LogP contribution is 2.37. The molecule has 0 unspecified atom stereocenters. The fraction of sp³-hybridized carbons (Fsp3) is 0.0870. The Morgan fingerprint density at radius 2 is 1.59 bits per heavy atom. The van der Waals surface area contributed by atoms with Gasteiger partial charge in [0.2, 0.25) is 0 Å². The van der Waals surface area contributed by atoms with Gasteiger partial charge in [0.05, 0.1) is 20.8 Å². The van der Waals surface area contributed by atoms with Crippen LogP contribution in [0, 0.1) is 10.1 Å². The summed E-state index contributed by atoms with van der Waals surface area (Å²) in [6, 6.07) is 23.5. The minimum absolute atomic E-state index is 0.0712. The van der Waals surface area contributed by atoms with Gasteiger partial charge in [0.15, 0.2) is 4.80 Å². The van der Waals surface area contributed by atoms with Gasteiger partial charge in [0.1, 0.15) is 0 Å². The maximum absolute atomic E-state index is 11.4. The van der Waals surface area contributed by atoms with E-state index in [-0.39, 0.29) is 10.6 Å². The van der Waals surface area contributed by atoms with Gasteiger partial charge in [0.25, 0.3) is 5.69 Å². The van der Waals surface area contributed by atoms with E-state index in [4.69, 9.17) is 4.99 Å². The Bertz CT molecular complexity index is 1480. The molecule has 142 valence electrons. The van der Waals surface area contributed by atoms with E-state index >= 15 is 0 Å². The number of rotatable bonds is 3. The highest BCUT2D eigenvalue weighted by molar-refractivity contribution is 7.17. The third-order valence-corrected chi connectivity index (χ3v) is 6.17. The zero-order valence-corrected chi connectivity index (χ0v) is 16.5. The molecule has 0 fully saturated rings. The summed E-state index contributed by atoms with van der Waals surface area (Å²) in [7, 11) is 0. The van der Waals surface area contributed by atoms with Gasteiger partial charge >= 0.3 is 0 Å². The van der Waals surface area contributed by atoms with Gasteiger partial charge in [-0.15, -0.1) is 0 Å². The SMILES string of the molecule is CCN=c1sc2c3ccccc3c3ccccc3c2n1-c1cccc([N+](=O)[O-])c1. The zero-order chi connectivity index (χ0) is 20.0. The van der Waals surface area contributed by atoms with Gasteiger partial charge < -0.3 is 0 Å². The first-order valence-corrected chi connectivity index (χ1v) is 10.2. The molecule has 6 heteroatoms. The molecule has 1 heterocycles. The van der Waals surface area contributed by atoms with E-state index in [1.807, 2.05) is 31.2 Å². The van der Waals surface area contributed by atoms with Gasteiger partial charge in [-0.2, -0.15) is 0 Å². The van der Waals surface area contributed by atoms with Gasteiger partial charge in [-0.05, 0) is 23.8 Å². The monoisotopic (exact) mass is 399 g/mol. The van der Waals surface area contributed by atoms with Crippen molar-refractivity contribution in [1.82, 2.24) is 4.57 Å². The minimum Gasteiger partial charge on any atom is -0.284 e. The predicted molar refractivity (Wildman–Crippen MR) is 119 cm³/mol. The van der Waals surface area contributed by atoms with Crippen molar-refractivity contribution in [2.24, 2.45) is 4.99 Å². The molecule has 0 saturated carbocycles. The number of hydrogen-bond donors (Lipinski definition) is 0. The number of nitro benzene ring substituents is 1. The Morgan fingerprint density at radius 3 is 2.28 bits per heavy atom. The average Bonchev–Trinajstić information content (AvgIpc) is 3.14. The Balaban J connectivity index is 2.04. The Morgan fingerprint density at radius 1 is 0.931 bits per heavy atom. The molecule has 0 spiro atoms. The van der Waals surface area contributed by atoms with Gasteiger partial charge in [-0.25, -0.2) is 0 Å². The molecule has 5 rings (SSSR count). The summed E-state index contributed by atoms with van der Waals surface area (Å²) in [6.07, 6.45) is 0. The maximum atomic E-state index is 11.4. The molecule has 0 saturated heterocycles. The Hall–Kier alpha value is -3.51. The minimum atomic E-state index is -0.358. The maximum Gasteiger partial charge on any atom is 0.271 e. The number of aromatic nitrogens is 1. The fourth-order valence-corrected chi connectivity index (χ4v) is 5.12. The summed E-state index contributed by atoms with van der Waals surface area (Å²) in [6.45, 7) is 2.63. The molecule has 5 aromatic rings. The van der Waals surface area contributed by atoms with Crippen molar-refractivity contribution < 1.29 is 4.92 Å². The first kappa shape index (κ1) is 17.6. The number of non-ortho nitro benzene ring substituents is 1. The summed E-state index contributed by atoms with van der Waals surface area (Å²) >= 11 is 1.63. The van der Waals surface area contributed by atoms with Crippen molar-refractivity contribution in [1.29, 1.82) is 0 Å². The Kier molecular flexibility index (Phi) is 4.14. The van der Waals surface area contributed by atoms with E-state index in [0.29, 0.717) is 6.54 Å². The normalized spacial score (nSPS) is 12.2. The number of nitrogens with zero attached hydrogens (tertiary/aromatic N) is 3. The molecule has 1 aromatic heterocycles. The molecule has 0 radical (unpaired) electrons. The zero-order valence-electron chi connectivity index (χ0n) is 15.7. The summed E-state index contributed by atoms with van der Waals surface area (Å²) < 4.78 is 3.20. The second-order valence-corrected chi connectivity index (χ2v) is 7.72. The Labute approximate surface area is 170 Å². The molecule has 0 amide bonds. The van der Waals surface area contributed by atoms with E-state index in [1.165, 1.54) is 16.8 Å². The summed E-state index contributed by atoms with van der Waals surface area (Å²) in [5.41, 5.74) is 1.86. The smallest absolute Gasteiger partial charge is 0.271 e. The van der Waals surface area contributed by atoms with Crippen LogP contribution in [0.2, 0.25) is 0 Å². The van der Waals surface area contributed by atoms with Crippen molar-refractivity contribution in [2.45, 2.75) is 6.92 Å². The number of nitro groups is 1. The van der Waals surface area contributed by atoms with Crippen molar-refractivity contribution in [2.75, 3.05) is 6.54 Å². The first-order chi connectivity index (χ1) is 14.2. The lowest BCUT2D eigenvalue weighted by molar-refractivity contribution is -0.384. The summed E-state index contributed by atoms with van der Waals surface area (Å²) in [5, 5.41) is 16.0. The van der Waals surface area contributed by atoms with Crippen LogP contribution in [0.25, 0.3) is 37.4 Å². The molecule has 5 nitrogen and oxygen atoms in total. The van der Waals surface area contributed by atoms with Crippen molar-refractivity contribution in [3.8, 4) is 5.69 Å². The van der Waals surface area contributed by atoms with Crippen LogP contribution >= 0.6 is 11.3 Å². The lowest BCUT2D eigenvalue weighted by atomic mass is 10.0. The predicted octanol–water partition coefficient (Wildman–Crippen LogP) is 5.83. The van der Waals surface area contributed by atoms with Crippen LogP contribution in [0.5, 0.6) is 0 Å². The summed E-state index contributed by atoms with van der Waals surface area (Å²) in [5.74, 6) is 0. The molecule has 0 aliphatic rings. The molecule has 0 aliphatic heterocycles. The third-order valence-electron chi connectivity index (χ3n) is 5.06. The van der Waals surface area contributed by atoms with Crippen molar-refractivity contribution >= 4 is 48.8 Å². The molecule has 4 aromatic carbocycles. The van der Waals surface area contributed by atoms with Crippen LogP contribution in [0.1, 0.15) is 6.92 Å². The van der Waals surface area contributed by atoms with Gasteiger partial charge in [-0.1, -0.05) is 65.9 Å².